The molecule has 0 unspecified atom stereocenters. The van der Waals surface area contributed by atoms with E-state index in [1.807, 2.05) is 0 Å². The van der Waals surface area contributed by atoms with Gasteiger partial charge in [-0.3, -0.25) is 24.2 Å². The number of benzene rings is 2. The Hall–Kier alpha value is -2.54. The maximum atomic E-state index is 13.1. The number of amides is 3. The van der Waals surface area contributed by atoms with E-state index in [4.69, 9.17) is 0 Å². The minimum Gasteiger partial charge on any atom is -0.294 e. The van der Waals surface area contributed by atoms with Crippen molar-refractivity contribution >= 4 is 39.3 Å². The Morgan fingerprint density at radius 3 is 2.33 bits per heavy atom. The van der Waals surface area contributed by atoms with Gasteiger partial charge in [-0.05, 0) is 42.5 Å². The molecule has 0 bridgehead atoms. The van der Waals surface area contributed by atoms with E-state index in [9.17, 15) is 18.8 Å². The second kappa shape index (κ2) is 6.16. The first kappa shape index (κ1) is 16.3. The Labute approximate surface area is 145 Å². The van der Waals surface area contributed by atoms with Crippen molar-refractivity contribution in [2.24, 2.45) is 0 Å². The van der Waals surface area contributed by atoms with Crippen molar-refractivity contribution in [3.8, 4) is 0 Å². The summed E-state index contributed by atoms with van der Waals surface area (Å²) in [5.74, 6) is -1.73. The van der Waals surface area contributed by atoms with Gasteiger partial charge in [0.25, 0.3) is 11.8 Å². The molecular formula is C17H12BrFN2O3. The fraction of sp³-hybridized carbons (Fsp3) is 0.118. The van der Waals surface area contributed by atoms with Crippen LogP contribution < -0.4 is 4.90 Å². The van der Waals surface area contributed by atoms with E-state index in [1.54, 1.807) is 18.2 Å². The van der Waals surface area contributed by atoms with E-state index in [0.717, 1.165) is 4.90 Å². The molecule has 1 aliphatic heterocycles. The molecule has 1 aliphatic rings. The highest BCUT2D eigenvalue weighted by molar-refractivity contribution is 9.10. The smallest absolute Gasteiger partial charge is 0.263 e. The van der Waals surface area contributed by atoms with E-state index in [-0.39, 0.29) is 18.1 Å². The van der Waals surface area contributed by atoms with Gasteiger partial charge in [-0.15, -0.1) is 0 Å². The molecule has 0 aromatic heterocycles. The maximum Gasteiger partial charge on any atom is 0.263 e. The largest absolute Gasteiger partial charge is 0.294 e. The summed E-state index contributed by atoms with van der Waals surface area (Å²) in [4.78, 5) is 39.1. The summed E-state index contributed by atoms with van der Waals surface area (Å²) in [6, 6.07) is 10.1. The van der Waals surface area contributed by atoms with E-state index < -0.39 is 17.6 Å². The quantitative estimate of drug-likeness (QED) is 0.756. The number of carbonyl (C=O) groups is 3. The highest BCUT2D eigenvalue weighted by Crippen LogP contribution is 2.27. The molecule has 2 aromatic rings. The van der Waals surface area contributed by atoms with Crippen LogP contribution >= 0.6 is 15.9 Å². The van der Waals surface area contributed by atoms with E-state index in [0.29, 0.717) is 15.7 Å². The van der Waals surface area contributed by atoms with Gasteiger partial charge in [0.15, 0.2) is 0 Å². The number of hydrogen-bond acceptors (Lipinski definition) is 3. The summed E-state index contributed by atoms with van der Waals surface area (Å²) in [6.45, 7) is 1.09. The molecule has 0 spiro atoms. The molecule has 5 nitrogen and oxygen atoms in total. The Kier molecular flexibility index (Phi) is 4.19. The summed E-state index contributed by atoms with van der Waals surface area (Å²) in [5.41, 5.74) is 0.990. The van der Waals surface area contributed by atoms with Crippen molar-refractivity contribution < 1.29 is 18.8 Å². The topological polar surface area (TPSA) is 57.7 Å². The van der Waals surface area contributed by atoms with Crippen LogP contribution in [0.15, 0.2) is 46.9 Å². The normalized spacial score (nSPS) is 13.2. The Morgan fingerprint density at radius 2 is 1.71 bits per heavy atom. The van der Waals surface area contributed by atoms with Crippen molar-refractivity contribution in [3.05, 3.63) is 63.9 Å². The number of imide groups is 1. The molecule has 1 heterocycles. The van der Waals surface area contributed by atoms with Gasteiger partial charge in [-0.1, -0.05) is 15.9 Å². The summed E-state index contributed by atoms with van der Waals surface area (Å²) >= 11 is 3.27. The van der Waals surface area contributed by atoms with E-state index in [1.165, 1.54) is 36.1 Å². The molecule has 3 rings (SSSR count). The highest BCUT2D eigenvalue weighted by Gasteiger charge is 2.37. The van der Waals surface area contributed by atoms with Gasteiger partial charge in [0.2, 0.25) is 5.91 Å². The van der Waals surface area contributed by atoms with Crippen LogP contribution in [-0.4, -0.2) is 29.3 Å². The minimum absolute atomic E-state index is 0.231. The SMILES string of the molecule is CC(=O)N(CN1C(=O)c2ccc(Br)cc2C1=O)c1ccc(F)cc1. The predicted molar refractivity (Wildman–Crippen MR) is 89.1 cm³/mol. The van der Waals surface area contributed by atoms with Crippen molar-refractivity contribution in [2.75, 3.05) is 11.6 Å². The van der Waals surface area contributed by atoms with E-state index in [2.05, 4.69) is 15.9 Å². The maximum absolute atomic E-state index is 13.1. The highest BCUT2D eigenvalue weighted by atomic mass is 79.9. The van der Waals surface area contributed by atoms with Gasteiger partial charge in [0.05, 0.1) is 11.1 Å². The molecule has 0 radical (unpaired) electrons. The number of carbonyl (C=O) groups excluding carboxylic acids is 3. The second-order valence-corrected chi connectivity index (χ2v) is 6.21. The lowest BCUT2D eigenvalue weighted by atomic mass is 10.1. The first-order chi connectivity index (χ1) is 11.4. The molecule has 0 saturated carbocycles. The van der Waals surface area contributed by atoms with Crippen molar-refractivity contribution in [3.63, 3.8) is 0 Å². The van der Waals surface area contributed by atoms with Crippen LogP contribution in [0.25, 0.3) is 0 Å². The number of halogens is 2. The van der Waals surface area contributed by atoms with Crippen LogP contribution in [0, 0.1) is 5.82 Å². The average Bonchev–Trinajstić information content (AvgIpc) is 2.77. The fourth-order valence-electron chi connectivity index (χ4n) is 2.52. The van der Waals surface area contributed by atoms with Crippen molar-refractivity contribution in [2.45, 2.75) is 6.92 Å². The Bertz CT molecular complexity index is 851. The third-order valence-corrected chi connectivity index (χ3v) is 4.23. The zero-order valence-corrected chi connectivity index (χ0v) is 14.2. The Balaban J connectivity index is 1.92. The summed E-state index contributed by atoms with van der Waals surface area (Å²) in [7, 11) is 0. The lowest BCUT2D eigenvalue weighted by Gasteiger charge is -2.25. The first-order valence-corrected chi connectivity index (χ1v) is 7.87. The zero-order chi connectivity index (χ0) is 17.4. The molecule has 0 aliphatic carbocycles. The molecule has 0 fully saturated rings. The molecule has 2 aromatic carbocycles. The summed E-state index contributed by atoms with van der Waals surface area (Å²) in [5, 5.41) is 0. The van der Waals surface area contributed by atoms with Crippen LogP contribution in [0.5, 0.6) is 0 Å². The Morgan fingerprint density at radius 1 is 1.08 bits per heavy atom. The zero-order valence-electron chi connectivity index (χ0n) is 12.6. The average molecular weight is 391 g/mol. The number of rotatable bonds is 3. The second-order valence-electron chi connectivity index (χ2n) is 5.29. The molecule has 0 saturated heterocycles. The van der Waals surface area contributed by atoms with Crippen molar-refractivity contribution in [1.82, 2.24) is 4.90 Å². The van der Waals surface area contributed by atoms with Gasteiger partial charge >= 0.3 is 0 Å². The molecule has 0 N–H and O–H groups in total. The molecule has 0 atom stereocenters. The van der Waals surface area contributed by atoms with E-state index >= 15 is 0 Å². The van der Waals surface area contributed by atoms with Crippen molar-refractivity contribution in [1.29, 1.82) is 0 Å². The molecule has 7 heteroatoms. The fourth-order valence-corrected chi connectivity index (χ4v) is 2.88. The third-order valence-electron chi connectivity index (χ3n) is 3.73. The monoisotopic (exact) mass is 390 g/mol. The van der Waals surface area contributed by atoms with Gasteiger partial charge in [-0.25, -0.2) is 4.39 Å². The molecule has 3 amide bonds. The predicted octanol–water partition coefficient (Wildman–Crippen LogP) is 3.19. The number of nitrogens with zero attached hydrogens (tertiary/aromatic N) is 2. The first-order valence-electron chi connectivity index (χ1n) is 7.08. The van der Waals surface area contributed by atoms with Crippen LogP contribution in [0.4, 0.5) is 10.1 Å². The number of fused-ring (bicyclic) bond motifs is 1. The number of anilines is 1. The summed E-state index contributed by atoms with van der Waals surface area (Å²) in [6.07, 6.45) is 0. The van der Waals surface area contributed by atoms with Crippen LogP contribution in [0.2, 0.25) is 0 Å². The minimum atomic E-state index is -0.468. The van der Waals surface area contributed by atoms with Crippen LogP contribution in [-0.2, 0) is 4.79 Å². The van der Waals surface area contributed by atoms with Gasteiger partial charge < -0.3 is 0 Å². The third kappa shape index (κ3) is 2.82. The van der Waals surface area contributed by atoms with Crippen LogP contribution in [0.1, 0.15) is 27.6 Å². The van der Waals surface area contributed by atoms with Gasteiger partial charge in [-0.2, -0.15) is 0 Å². The molecule has 24 heavy (non-hydrogen) atoms. The summed E-state index contributed by atoms with van der Waals surface area (Å²) < 4.78 is 13.8. The lowest BCUT2D eigenvalue weighted by molar-refractivity contribution is -0.116. The molecular weight excluding hydrogens is 379 g/mol. The van der Waals surface area contributed by atoms with Crippen LogP contribution in [0.3, 0.4) is 0 Å². The molecule has 122 valence electrons. The lowest BCUT2D eigenvalue weighted by Crippen LogP contribution is -2.43. The number of hydrogen-bond donors (Lipinski definition) is 0. The van der Waals surface area contributed by atoms with Gasteiger partial charge in [0, 0.05) is 17.1 Å². The van der Waals surface area contributed by atoms with Gasteiger partial charge in [0.1, 0.15) is 12.5 Å². The standard InChI is InChI=1S/C17H12BrFN2O3/c1-10(22)20(13-5-3-12(19)4-6-13)9-21-16(23)14-7-2-11(18)8-15(14)17(21)24/h2-8H,9H2,1H3.